The molecular formula is C14H12Br2OS. The SMILES string of the molecule is Cc1cc(C)c(C(=O)c2cc(Br)c(Br)s2)c(C)c1. The number of halogens is 2. The van der Waals surface area contributed by atoms with Crippen LogP contribution in [-0.2, 0) is 0 Å². The molecule has 2 aromatic rings. The van der Waals surface area contributed by atoms with Crippen LogP contribution < -0.4 is 0 Å². The number of hydrogen-bond acceptors (Lipinski definition) is 2. The Labute approximate surface area is 127 Å². The molecule has 94 valence electrons. The van der Waals surface area contributed by atoms with Gasteiger partial charge >= 0.3 is 0 Å². The molecule has 1 heterocycles. The van der Waals surface area contributed by atoms with Gasteiger partial charge in [0.2, 0.25) is 5.78 Å². The monoisotopic (exact) mass is 386 g/mol. The normalized spacial score (nSPS) is 10.7. The number of carbonyl (C=O) groups is 1. The molecule has 0 fully saturated rings. The van der Waals surface area contributed by atoms with Crippen molar-refractivity contribution in [1.29, 1.82) is 0 Å². The van der Waals surface area contributed by atoms with Crippen molar-refractivity contribution < 1.29 is 4.79 Å². The zero-order chi connectivity index (χ0) is 13.4. The summed E-state index contributed by atoms with van der Waals surface area (Å²) < 4.78 is 1.88. The van der Waals surface area contributed by atoms with E-state index in [-0.39, 0.29) is 5.78 Å². The first-order chi connectivity index (χ1) is 8.40. The number of hydrogen-bond donors (Lipinski definition) is 0. The van der Waals surface area contributed by atoms with E-state index < -0.39 is 0 Å². The second kappa shape index (κ2) is 5.27. The minimum absolute atomic E-state index is 0.0985. The van der Waals surface area contributed by atoms with Gasteiger partial charge in [0, 0.05) is 10.0 Å². The third-order valence-electron chi connectivity index (χ3n) is 2.77. The lowest BCUT2D eigenvalue weighted by molar-refractivity contribution is 0.104. The highest BCUT2D eigenvalue weighted by atomic mass is 79.9. The Morgan fingerprint density at radius 1 is 1.06 bits per heavy atom. The van der Waals surface area contributed by atoms with Crippen molar-refractivity contribution >= 4 is 49.0 Å². The molecule has 0 N–H and O–H groups in total. The third kappa shape index (κ3) is 2.60. The fraction of sp³-hybridized carbons (Fsp3) is 0.214. The lowest BCUT2D eigenvalue weighted by Gasteiger charge is -2.09. The van der Waals surface area contributed by atoms with Crippen molar-refractivity contribution in [2.45, 2.75) is 20.8 Å². The predicted molar refractivity (Wildman–Crippen MR) is 83.8 cm³/mol. The second-order valence-corrected chi connectivity index (χ2v) is 7.56. The summed E-state index contributed by atoms with van der Waals surface area (Å²) >= 11 is 8.30. The van der Waals surface area contributed by atoms with Gasteiger partial charge in [0.15, 0.2) is 0 Å². The molecule has 1 aromatic carbocycles. The van der Waals surface area contributed by atoms with E-state index in [2.05, 4.69) is 44.0 Å². The van der Waals surface area contributed by atoms with Gasteiger partial charge in [0.05, 0.1) is 8.66 Å². The molecule has 0 spiro atoms. The van der Waals surface area contributed by atoms with E-state index in [4.69, 9.17) is 0 Å². The van der Waals surface area contributed by atoms with E-state index in [0.29, 0.717) is 0 Å². The van der Waals surface area contributed by atoms with Crippen LogP contribution in [0.5, 0.6) is 0 Å². The van der Waals surface area contributed by atoms with Crippen molar-refractivity contribution in [1.82, 2.24) is 0 Å². The molecule has 0 atom stereocenters. The van der Waals surface area contributed by atoms with Crippen LogP contribution >= 0.6 is 43.2 Å². The minimum atomic E-state index is 0.0985. The summed E-state index contributed by atoms with van der Waals surface area (Å²) in [5.74, 6) is 0.0985. The molecule has 0 radical (unpaired) electrons. The highest BCUT2D eigenvalue weighted by Gasteiger charge is 2.18. The molecular weight excluding hydrogens is 376 g/mol. The van der Waals surface area contributed by atoms with Gasteiger partial charge in [-0.15, -0.1) is 11.3 Å². The summed E-state index contributed by atoms with van der Waals surface area (Å²) in [6.45, 7) is 6.03. The van der Waals surface area contributed by atoms with Crippen LogP contribution in [0.4, 0.5) is 0 Å². The first kappa shape index (κ1) is 14.0. The highest BCUT2D eigenvalue weighted by molar-refractivity contribution is 9.13. The standard InChI is InChI=1S/C14H12Br2OS/c1-7-4-8(2)12(9(3)5-7)13(17)11-6-10(15)14(16)18-11/h4-6H,1-3H3. The van der Waals surface area contributed by atoms with E-state index in [0.717, 1.165) is 29.8 Å². The number of benzene rings is 1. The Morgan fingerprint density at radius 2 is 1.61 bits per heavy atom. The summed E-state index contributed by atoms with van der Waals surface area (Å²) in [6, 6.07) is 5.98. The molecule has 0 saturated carbocycles. The van der Waals surface area contributed by atoms with Gasteiger partial charge in [-0.2, -0.15) is 0 Å². The molecule has 1 aromatic heterocycles. The number of aryl methyl sites for hydroxylation is 3. The third-order valence-corrected chi connectivity index (χ3v) is 6.03. The lowest BCUT2D eigenvalue weighted by atomic mass is 9.96. The molecule has 0 bridgehead atoms. The summed E-state index contributed by atoms with van der Waals surface area (Å²) in [4.78, 5) is 13.3. The zero-order valence-electron chi connectivity index (χ0n) is 10.3. The van der Waals surface area contributed by atoms with Crippen molar-refractivity contribution in [2.24, 2.45) is 0 Å². The Kier molecular flexibility index (Phi) is 4.09. The van der Waals surface area contributed by atoms with Crippen molar-refractivity contribution in [3.63, 3.8) is 0 Å². The van der Waals surface area contributed by atoms with Crippen LogP contribution in [0.3, 0.4) is 0 Å². The topological polar surface area (TPSA) is 17.1 Å². The van der Waals surface area contributed by atoms with Crippen LogP contribution in [-0.4, -0.2) is 5.78 Å². The Balaban J connectivity index is 2.52. The smallest absolute Gasteiger partial charge is 0.203 e. The van der Waals surface area contributed by atoms with E-state index in [1.54, 1.807) is 0 Å². The first-order valence-corrected chi connectivity index (χ1v) is 7.87. The van der Waals surface area contributed by atoms with Gasteiger partial charge < -0.3 is 0 Å². The highest BCUT2D eigenvalue weighted by Crippen LogP contribution is 2.34. The van der Waals surface area contributed by atoms with Crippen molar-refractivity contribution in [2.75, 3.05) is 0 Å². The number of thiophene rings is 1. The lowest BCUT2D eigenvalue weighted by Crippen LogP contribution is -2.05. The van der Waals surface area contributed by atoms with Crippen LogP contribution in [0.1, 0.15) is 31.9 Å². The Hall–Kier alpha value is -0.450. The number of ketones is 1. The number of carbonyl (C=O) groups excluding carboxylic acids is 1. The van der Waals surface area contributed by atoms with Gasteiger partial charge in [0.25, 0.3) is 0 Å². The van der Waals surface area contributed by atoms with Crippen LogP contribution in [0, 0.1) is 20.8 Å². The summed E-state index contributed by atoms with van der Waals surface area (Å²) in [5.41, 5.74) is 4.09. The molecule has 0 saturated heterocycles. The van der Waals surface area contributed by atoms with Crippen LogP contribution in [0.15, 0.2) is 26.5 Å². The maximum absolute atomic E-state index is 12.5. The summed E-state index contributed by atoms with van der Waals surface area (Å²) in [6.07, 6.45) is 0. The van der Waals surface area contributed by atoms with Crippen molar-refractivity contribution in [3.8, 4) is 0 Å². The molecule has 18 heavy (non-hydrogen) atoms. The van der Waals surface area contributed by atoms with Gasteiger partial charge in [-0.25, -0.2) is 0 Å². The minimum Gasteiger partial charge on any atom is -0.288 e. The molecule has 0 aliphatic rings. The molecule has 1 nitrogen and oxygen atoms in total. The Bertz CT molecular complexity index is 586. The molecule has 0 aliphatic heterocycles. The molecule has 0 aliphatic carbocycles. The first-order valence-electron chi connectivity index (χ1n) is 5.47. The molecule has 4 heteroatoms. The maximum Gasteiger partial charge on any atom is 0.203 e. The van der Waals surface area contributed by atoms with E-state index in [9.17, 15) is 4.79 Å². The quantitative estimate of drug-likeness (QED) is 0.628. The summed E-state index contributed by atoms with van der Waals surface area (Å²) in [7, 11) is 0. The second-order valence-electron chi connectivity index (χ2n) is 4.34. The van der Waals surface area contributed by atoms with Crippen LogP contribution in [0.2, 0.25) is 0 Å². The average Bonchev–Trinajstić information content (AvgIpc) is 2.57. The average molecular weight is 388 g/mol. The number of rotatable bonds is 2. The van der Waals surface area contributed by atoms with Gasteiger partial charge in [-0.3, -0.25) is 4.79 Å². The fourth-order valence-electron chi connectivity index (χ4n) is 2.12. The fourth-order valence-corrected chi connectivity index (χ4v) is 4.10. The molecule has 0 amide bonds. The van der Waals surface area contributed by atoms with E-state index in [1.165, 1.54) is 16.9 Å². The maximum atomic E-state index is 12.5. The molecule has 0 unspecified atom stereocenters. The van der Waals surface area contributed by atoms with E-state index in [1.807, 2.05) is 26.8 Å². The summed E-state index contributed by atoms with van der Waals surface area (Å²) in [5, 5.41) is 0. The van der Waals surface area contributed by atoms with Crippen molar-refractivity contribution in [3.05, 3.63) is 53.6 Å². The van der Waals surface area contributed by atoms with E-state index >= 15 is 0 Å². The largest absolute Gasteiger partial charge is 0.288 e. The predicted octanol–water partition coefficient (Wildman–Crippen LogP) is 5.43. The van der Waals surface area contributed by atoms with Gasteiger partial charge in [-0.1, -0.05) is 17.7 Å². The van der Waals surface area contributed by atoms with Gasteiger partial charge in [-0.05, 0) is 69.8 Å². The molecule has 2 rings (SSSR count). The Morgan fingerprint density at radius 3 is 2.06 bits per heavy atom. The zero-order valence-corrected chi connectivity index (χ0v) is 14.3. The van der Waals surface area contributed by atoms with Crippen LogP contribution in [0.25, 0.3) is 0 Å². The van der Waals surface area contributed by atoms with Gasteiger partial charge in [0.1, 0.15) is 0 Å².